The predicted molar refractivity (Wildman–Crippen MR) is 109 cm³/mol. The van der Waals surface area contributed by atoms with Gasteiger partial charge in [0.1, 0.15) is 5.69 Å². The Kier molecular flexibility index (Phi) is 6.04. The van der Waals surface area contributed by atoms with E-state index in [-0.39, 0.29) is 33.8 Å². The summed E-state index contributed by atoms with van der Waals surface area (Å²) in [4.78, 5) is 39.9. The fourth-order valence-electron chi connectivity index (χ4n) is 3.36. The normalized spacial score (nSPS) is 14.7. The van der Waals surface area contributed by atoms with Gasteiger partial charge in [-0.1, -0.05) is 23.2 Å². The molecule has 8 nitrogen and oxygen atoms in total. The molecule has 0 atom stereocenters. The van der Waals surface area contributed by atoms with Gasteiger partial charge in [0.2, 0.25) is 0 Å². The molecule has 0 spiro atoms. The minimum atomic E-state index is -1.12. The summed E-state index contributed by atoms with van der Waals surface area (Å²) >= 11 is 12.1. The van der Waals surface area contributed by atoms with Gasteiger partial charge in [-0.3, -0.25) is 4.79 Å². The van der Waals surface area contributed by atoms with Crippen LogP contribution in [0.15, 0.2) is 18.2 Å². The summed E-state index contributed by atoms with van der Waals surface area (Å²) in [5.74, 6) is -2.61. The molecule has 2 heterocycles. The summed E-state index contributed by atoms with van der Waals surface area (Å²) in [5, 5.41) is 22.0. The van der Waals surface area contributed by atoms with Crippen LogP contribution in [0.2, 0.25) is 10.0 Å². The first-order chi connectivity index (χ1) is 13.7. The first kappa shape index (κ1) is 21.0. The lowest BCUT2D eigenvalue weighted by Crippen LogP contribution is -2.45. The monoisotopic (exact) mass is 439 g/mol. The van der Waals surface area contributed by atoms with Crippen LogP contribution in [0, 0.1) is 6.92 Å². The van der Waals surface area contributed by atoms with Crippen molar-refractivity contribution in [1.82, 2.24) is 10.3 Å². The number of aryl methyl sites for hydroxylation is 1. The number of carboxylic acid groups (broad SMARTS) is 2. The molecule has 29 heavy (non-hydrogen) atoms. The van der Waals surface area contributed by atoms with Crippen LogP contribution < -0.4 is 10.2 Å². The summed E-state index contributed by atoms with van der Waals surface area (Å²) in [7, 11) is 0. The van der Waals surface area contributed by atoms with E-state index in [9.17, 15) is 24.6 Å². The molecule has 154 valence electrons. The number of carbonyl (C=O) groups is 3. The second-order valence-electron chi connectivity index (χ2n) is 6.83. The number of carbonyl (C=O) groups excluding carboxylic acids is 1. The highest BCUT2D eigenvalue weighted by molar-refractivity contribution is 6.44. The number of H-pyrrole nitrogens is 1. The third kappa shape index (κ3) is 4.33. The molecule has 0 bridgehead atoms. The van der Waals surface area contributed by atoms with Crippen LogP contribution in [-0.2, 0) is 0 Å². The molecule has 0 saturated carbocycles. The number of benzene rings is 1. The number of aromatic amines is 1. The van der Waals surface area contributed by atoms with Gasteiger partial charge in [0.15, 0.2) is 0 Å². The van der Waals surface area contributed by atoms with E-state index in [1.807, 2.05) is 4.90 Å². The highest BCUT2D eigenvalue weighted by Crippen LogP contribution is 2.30. The molecule has 1 aliphatic rings. The van der Waals surface area contributed by atoms with Crippen LogP contribution in [-0.4, -0.2) is 52.2 Å². The molecule has 1 saturated heterocycles. The molecule has 1 fully saturated rings. The Bertz CT molecular complexity index is 980. The maximum absolute atomic E-state index is 12.5. The zero-order valence-electron chi connectivity index (χ0n) is 15.5. The molecule has 10 heteroatoms. The first-order valence-electron chi connectivity index (χ1n) is 8.89. The van der Waals surface area contributed by atoms with Gasteiger partial charge in [0.25, 0.3) is 5.91 Å². The highest BCUT2D eigenvalue weighted by atomic mass is 35.5. The van der Waals surface area contributed by atoms with E-state index in [0.29, 0.717) is 42.3 Å². The van der Waals surface area contributed by atoms with Gasteiger partial charge in [0, 0.05) is 24.8 Å². The Balaban J connectivity index is 1.70. The smallest absolute Gasteiger partial charge is 0.337 e. The number of piperidine rings is 1. The molecule has 1 aliphatic heterocycles. The predicted octanol–water partition coefficient (Wildman–Crippen LogP) is 3.43. The average molecular weight is 440 g/mol. The number of anilines is 1. The lowest BCUT2D eigenvalue weighted by molar-refractivity contribution is 0.0681. The van der Waals surface area contributed by atoms with E-state index in [4.69, 9.17) is 23.2 Å². The summed E-state index contributed by atoms with van der Waals surface area (Å²) in [6, 6.07) is 3.81. The second-order valence-corrected chi connectivity index (χ2v) is 7.59. The van der Waals surface area contributed by atoms with Crippen molar-refractivity contribution >= 4 is 46.7 Å². The Hall–Kier alpha value is -2.71. The van der Waals surface area contributed by atoms with E-state index in [1.165, 1.54) is 18.2 Å². The Morgan fingerprint density at radius 2 is 1.76 bits per heavy atom. The summed E-state index contributed by atoms with van der Waals surface area (Å²) in [6.45, 7) is 2.65. The number of nitrogens with zero attached hydrogens (tertiary/aromatic N) is 1. The van der Waals surface area contributed by atoms with E-state index >= 15 is 0 Å². The standard InChI is InChI=1S/C19H19Cl2N3O5/c1-9-14(20)15(21)16(22-9)17(25)23-11-4-6-24(7-5-11)13-8-10(18(26)27)2-3-12(13)19(28)29/h2-3,8,11,22H,4-7H2,1H3,(H,23,25)(H,26,27)(H,28,29). The molecule has 0 unspecified atom stereocenters. The van der Waals surface area contributed by atoms with Crippen molar-refractivity contribution in [3.05, 3.63) is 50.8 Å². The molecule has 3 rings (SSSR count). The van der Waals surface area contributed by atoms with Gasteiger partial charge in [0.05, 0.1) is 26.9 Å². The average Bonchev–Trinajstić information content (AvgIpc) is 2.95. The van der Waals surface area contributed by atoms with Crippen molar-refractivity contribution in [2.24, 2.45) is 0 Å². The lowest BCUT2D eigenvalue weighted by atomic mass is 10.0. The van der Waals surface area contributed by atoms with Crippen molar-refractivity contribution in [1.29, 1.82) is 0 Å². The lowest BCUT2D eigenvalue weighted by Gasteiger charge is -2.34. The number of amides is 1. The summed E-state index contributed by atoms with van der Waals surface area (Å²) < 4.78 is 0. The molecule has 1 aromatic heterocycles. The summed E-state index contributed by atoms with van der Waals surface area (Å²) in [6.07, 6.45) is 1.13. The van der Waals surface area contributed by atoms with Crippen molar-refractivity contribution < 1.29 is 24.6 Å². The number of rotatable bonds is 5. The second kappa shape index (κ2) is 8.34. The number of nitrogens with one attached hydrogen (secondary N) is 2. The Labute approximate surface area is 176 Å². The molecular weight excluding hydrogens is 421 g/mol. The van der Waals surface area contributed by atoms with Crippen molar-refractivity contribution in [3.63, 3.8) is 0 Å². The van der Waals surface area contributed by atoms with E-state index in [2.05, 4.69) is 10.3 Å². The largest absolute Gasteiger partial charge is 0.478 e. The number of aromatic nitrogens is 1. The zero-order valence-corrected chi connectivity index (χ0v) is 17.0. The summed E-state index contributed by atoms with van der Waals surface area (Å²) in [5.41, 5.74) is 1.24. The van der Waals surface area contributed by atoms with E-state index in [0.717, 1.165) is 0 Å². The number of hydrogen-bond donors (Lipinski definition) is 4. The maximum atomic E-state index is 12.5. The van der Waals surface area contributed by atoms with Crippen molar-refractivity contribution in [2.75, 3.05) is 18.0 Å². The third-order valence-corrected chi connectivity index (χ3v) is 5.87. The van der Waals surface area contributed by atoms with Crippen LogP contribution in [0.4, 0.5) is 5.69 Å². The van der Waals surface area contributed by atoms with Crippen LogP contribution in [0.25, 0.3) is 0 Å². The van der Waals surface area contributed by atoms with Crippen LogP contribution in [0.1, 0.15) is 49.7 Å². The fraction of sp³-hybridized carbons (Fsp3) is 0.316. The third-order valence-electron chi connectivity index (χ3n) is 4.93. The quantitative estimate of drug-likeness (QED) is 0.565. The molecule has 2 aromatic rings. The van der Waals surface area contributed by atoms with Crippen LogP contribution >= 0.6 is 23.2 Å². The molecule has 0 radical (unpaired) electrons. The SMILES string of the molecule is Cc1[nH]c(C(=O)NC2CCN(c3cc(C(=O)O)ccc3C(=O)O)CC2)c(Cl)c1Cl. The molecule has 0 aliphatic carbocycles. The molecule has 1 aromatic carbocycles. The van der Waals surface area contributed by atoms with E-state index < -0.39 is 11.9 Å². The fourth-order valence-corrected chi connectivity index (χ4v) is 3.77. The zero-order chi connectivity index (χ0) is 21.3. The van der Waals surface area contributed by atoms with Gasteiger partial charge in [-0.25, -0.2) is 9.59 Å². The van der Waals surface area contributed by atoms with Gasteiger partial charge in [-0.05, 0) is 38.0 Å². The topological polar surface area (TPSA) is 123 Å². The van der Waals surface area contributed by atoms with Gasteiger partial charge in [-0.15, -0.1) is 0 Å². The maximum Gasteiger partial charge on any atom is 0.337 e. The first-order valence-corrected chi connectivity index (χ1v) is 9.64. The van der Waals surface area contributed by atoms with Gasteiger partial charge >= 0.3 is 11.9 Å². The van der Waals surface area contributed by atoms with Gasteiger partial charge < -0.3 is 25.4 Å². The molecule has 1 amide bonds. The Morgan fingerprint density at radius 1 is 1.10 bits per heavy atom. The van der Waals surface area contributed by atoms with E-state index in [1.54, 1.807) is 6.92 Å². The minimum absolute atomic E-state index is 0.0223. The number of halogens is 2. The van der Waals surface area contributed by atoms with Crippen molar-refractivity contribution in [3.8, 4) is 0 Å². The molecular formula is C19H19Cl2N3O5. The highest BCUT2D eigenvalue weighted by Gasteiger charge is 2.26. The Morgan fingerprint density at radius 3 is 2.28 bits per heavy atom. The van der Waals surface area contributed by atoms with Crippen LogP contribution in [0.5, 0.6) is 0 Å². The number of carboxylic acids is 2. The molecule has 4 N–H and O–H groups in total. The van der Waals surface area contributed by atoms with Crippen molar-refractivity contribution in [2.45, 2.75) is 25.8 Å². The van der Waals surface area contributed by atoms with Crippen LogP contribution in [0.3, 0.4) is 0 Å². The van der Waals surface area contributed by atoms with Gasteiger partial charge in [-0.2, -0.15) is 0 Å². The number of hydrogen-bond acceptors (Lipinski definition) is 4. The number of aromatic carboxylic acids is 2. The minimum Gasteiger partial charge on any atom is -0.478 e.